The summed E-state index contributed by atoms with van der Waals surface area (Å²) >= 11 is 5.85. The van der Waals surface area contributed by atoms with Crippen molar-refractivity contribution < 1.29 is 0 Å². The van der Waals surface area contributed by atoms with Crippen LogP contribution in [0.5, 0.6) is 0 Å². The van der Waals surface area contributed by atoms with Gasteiger partial charge in [-0.15, -0.1) is 0 Å². The SMILES string of the molecule is CCN(CC1CCCN1)c1cncc(Cl)n1. The zero-order chi connectivity index (χ0) is 11.4. The second kappa shape index (κ2) is 5.46. The molecule has 0 bridgehead atoms. The molecule has 0 radical (unpaired) electrons. The lowest BCUT2D eigenvalue weighted by atomic mass is 10.2. The number of hydrogen-bond acceptors (Lipinski definition) is 4. The Kier molecular flexibility index (Phi) is 3.96. The molecule has 1 atom stereocenters. The summed E-state index contributed by atoms with van der Waals surface area (Å²) in [6, 6.07) is 0.570. The highest BCUT2D eigenvalue weighted by Crippen LogP contribution is 2.15. The summed E-state index contributed by atoms with van der Waals surface area (Å²) in [7, 11) is 0. The smallest absolute Gasteiger partial charge is 0.149 e. The Hall–Kier alpha value is -0.870. The van der Waals surface area contributed by atoms with Crippen molar-refractivity contribution in [1.82, 2.24) is 15.3 Å². The van der Waals surface area contributed by atoms with Crippen molar-refractivity contribution in [1.29, 1.82) is 0 Å². The highest BCUT2D eigenvalue weighted by molar-refractivity contribution is 6.29. The Bertz CT molecular complexity index is 339. The van der Waals surface area contributed by atoms with Crippen molar-refractivity contribution in [3.63, 3.8) is 0 Å². The molecule has 1 unspecified atom stereocenters. The van der Waals surface area contributed by atoms with Crippen molar-refractivity contribution >= 4 is 17.4 Å². The molecule has 1 aliphatic rings. The first-order valence-electron chi connectivity index (χ1n) is 5.75. The minimum Gasteiger partial charge on any atom is -0.354 e. The first kappa shape index (κ1) is 11.6. The van der Waals surface area contributed by atoms with Crippen LogP contribution in [-0.4, -0.2) is 35.6 Å². The molecule has 0 saturated carbocycles. The number of hydrogen-bond donors (Lipinski definition) is 1. The van der Waals surface area contributed by atoms with Crippen LogP contribution >= 0.6 is 11.6 Å². The maximum absolute atomic E-state index is 5.85. The van der Waals surface area contributed by atoms with E-state index in [-0.39, 0.29) is 0 Å². The molecule has 1 aromatic heterocycles. The van der Waals surface area contributed by atoms with Crippen LogP contribution in [0.15, 0.2) is 12.4 Å². The van der Waals surface area contributed by atoms with Crippen LogP contribution in [0.1, 0.15) is 19.8 Å². The van der Waals surface area contributed by atoms with Crippen molar-refractivity contribution in [3.05, 3.63) is 17.5 Å². The normalized spacial score (nSPS) is 20.0. The number of halogens is 1. The fraction of sp³-hybridized carbons (Fsp3) is 0.636. The second-order valence-corrected chi connectivity index (χ2v) is 4.42. The first-order valence-corrected chi connectivity index (χ1v) is 6.13. The van der Waals surface area contributed by atoms with E-state index in [2.05, 4.69) is 27.1 Å². The molecule has 0 spiro atoms. The molecule has 1 fully saturated rings. The third kappa shape index (κ3) is 2.83. The average Bonchev–Trinajstić information content (AvgIpc) is 2.78. The summed E-state index contributed by atoms with van der Waals surface area (Å²) in [5.41, 5.74) is 0. The standard InChI is InChI=1S/C11H17ClN4/c1-2-16(8-9-4-3-5-14-9)11-7-13-6-10(12)15-11/h6-7,9,14H,2-5,8H2,1H3. The van der Waals surface area contributed by atoms with Gasteiger partial charge in [-0.2, -0.15) is 0 Å². The van der Waals surface area contributed by atoms with Gasteiger partial charge in [0.25, 0.3) is 0 Å². The van der Waals surface area contributed by atoms with E-state index < -0.39 is 0 Å². The molecule has 88 valence electrons. The van der Waals surface area contributed by atoms with Crippen LogP contribution in [-0.2, 0) is 0 Å². The van der Waals surface area contributed by atoms with Crippen LogP contribution in [0, 0.1) is 0 Å². The Morgan fingerprint density at radius 3 is 3.06 bits per heavy atom. The number of nitrogens with one attached hydrogen (secondary N) is 1. The van der Waals surface area contributed by atoms with E-state index in [1.165, 1.54) is 12.8 Å². The molecule has 1 N–H and O–H groups in total. The Morgan fingerprint density at radius 2 is 2.44 bits per heavy atom. The van der Waals surface area contributed by atoms with Crippen LogP contribution in [0.2, 0.25) is 5.15 Å². The number of anilines is 1. The summed E-state index contributed by atoms with van der Waals surface area (Å²) in [5.74, 6) is 0.865. The van der Waals surface area contributed by atoms with E-state index in [1.807, 2.05) is 0 Å². The fourth-order valence-electron chi connectivity index (χ4n) is 2.05. The minimum atomic E-state index is 0.454. The van der Waals surface area contributed by atoms with E-state index in [1.54, 1.807) is 12.4 Å². The van der Waals surface area contributed by atoms with Gasteiger partial charge >= 0.3 is 0 Å². The van der Waals surface area contributed by atoms with E-state index in [0.29, 0.717) is 11.2 Å². The van der Waals surface area contributed by atoms with Crippen molar-refractivity contribution in [2.45, 2.75) is 25.8 Å². The van der Waals surface area contributed by atoms with Crippen LogP contribution in [0.3, 0.4) is 0 Å². The Balaban J connectivity index is 2.03. The number of aromatic nitrogens is 2. The van der Waals surface area contributed by atoms with Gasteiger partial charge in [0.1, 0.15) is 11.0 Å². The quantitative estimate of drug-likeness (QED) is 0.870. The fourth-order valence-corrected chi connectivity index (χ4v) is 2.19. The van der Waals surface area contributed by atoms with Gasteiger partial charge in [0, 0.05) is 19.1 Å². The minimum absolute atomic E-state index is 0.454. The highest BCUT2D eigenvalue weighted by atomic mass is 35.5. The van der Waals surface area contributed by atoms with Gasteiger partial charge in [0.2, 0.25) is 0 Å². The Labute approximate surface area is 101 Å². The third-order valence-electron chi connectivity index (χ3n) is 2.90. The number of nitrogens with zero attached hydrogens (tertiary/aromatic N) is 3. The molecule has 1 saturated heterocycles. The predicted molar refractivity (Wildman–Crippen MR) is 66.0 cm³/mol. The van der Waals surface area contributed by atoms with Gasteiger partial charge < -0.3 is 10.2 Å². The molecule has 2 rings (SSSR count). The molecule has 5 heteroatoms. The van der Waals surface area contributed by atoms with Gasteiger partial charge in [-0.3, -0.25) is 4.98 Å². The molecule has 1 aliphatic heterocycles. The zero-order valence-corrected chi connectivity index (χ0v) is 10.2. The van der Waals surface area contributed by atoms with Crippen molar-refractivity contribution in [3.8, 4) is 0 Å². The molecule has 1 aromatic rings. The molecule has 4 nitrogen and oxygen atoms in total. The van der Waals surface area contributed by atoms with E-state index in [4.69, 9.17) is 11.6 Å². The monoisotopic (exact) mass is 240 g/mol. The van der Waals surface area contributed by atoms with Gasteiger partial charge in [0.05, 0.1) is 12.4 Å². The zero-order valence-electron chi connectivity index (χ0n) is 9.49. The molecule has 2 heterocycles. The van der Waals surface area contributed by atoms with Crippen LogP contribution in [0.25, 0.3) is 0 Å². The lowest BCUT2D eigenvalue weighted by Gasteiger charge is -2.25. The van der Waals surface area contributed by atoms with Crippen molar-refractivity contribution in [2.75, 3.05) is 24.5 Å². The van der Waals surface area contributed by atoms with Gasteiger partial charge in [0.15, 0.2) is 0 Å². The average molecular weight is 241 g/mol. The number of likely N-dealkylation sites (N-methyl/N-ethyl adjacent to an activating group) is 1. The predicted octanol–water partition coefficient (Wildman–Crippen LogP) is 1.71. The molecule has 0 aromatic carbocycles. The van der Waals surface area contributed by atoms with E-state index in [9.17, 15) is 0 Å². The van der Waals surface area contributed by atoms with Crippen molar-refractivity contribution in [2.24, 2.45) is 0 Å². The summed E-state index contributed by atoms with van der Waals surface area (Å²) in [6.45, 7) is 5.15. The molecule has 0 aliphatic carbocycles. The summed E-state index contributed by atoms with van der Waals surface area (Å²) in [5, 5.41) is 3.94. The lowest BCUT2D eigenvalue weighted by molar-refractivity contribution is 0.583. The second-order valence-electron chi connectivity index (χ2n) is 4.03. The summed E-state index contributed by atoms with van der Waals surface area (Å²) < 4.78 is 0. The third-order valence-corrected chi connectivity index (χ3v) is 3.08. The molecular weight excluding hydrogens is 224 g/mol. The highest BCUT2D eigenvalue weighted by Gasteiger charge is 2.18. The Morgan fingerprint density at radius 1 is 1.56 bits per heavy atom. The lowest BCUT2D eigenvalue weighted by Crippen LogP contribution is -2.38. The van der Waals surface area contributed by atoms with E-state index >= 15 is 0 Å². The summed E-state index contributed by atoms with van der Waals surface area (Å²) in [6.07, 6.45) is 5.84. The van der Waals surface area contributed by atoms with E-state index in [0.717, 1.165) is 25.5 Å². The topological polar surface area (TPSA) is 41.0 Å². The molecular formula is C11H17ClN4. The molecule has 16 heavy (non-hydrogen) atoms. The maximum atomic E-state index is 5.85. The van der Waals surface area contributed by atoms with Gasteiger partial charge in [-0.1, -0.05) is 11.6 Å². The maximum Gasteiger partial charge on any atom is 0.149 e. The number of rotatable bonds is 4. The largest absolute Gasteiger partial charge is 0.354 e. The van der Waals surface area contributed by atoms with Gasteiger partial charge in [-0.05, 0) is 26.3 Å². The summed E-state index contributed by atoms with van der Waals surface area (Å²) in [4.78, 5) is 10.6. The molecule has 0 amide bonds. The first-order chi connectivity index (χ1) is 7.79. The van der Waals surface area contributed by atoms with Gasteiger partial charge in [-0.25, -0.2) is 4.98 Å². The van der Waals surface area contributed by atoms with Crippen LogP contribution < -0.4 is 10.2 Å². The van der Waals surface area contributed by atoms with Crippen LogP contribution in [0.4, 0.5) is 5.82 Å².